The Bertz CT molecular complexity index is 1050. The van der Waals surface area contributed by atoms with Crippen LogP contribution in [0.3, 0.4) is 0 Å². The first-order valence-corrected chi connectivity index (χ1v) is 13.6. The Balaban J connectivity index is 2.13. The van der Waals surface area contributed by atoms with Crippen LogP contribution < -0.4 is 5.32 Å². The largest absolute Gasteiger partial charge is 0.507 e. The Kier molecular flexibility index (Phi) is 8.89. The minimum Gasteiger partial charge on any atom is -0.507 e. The van der Waals surface area contributed by atoms with Gasteiger partial charge >= 0.3 is 0 Å². The van der Waals surface area contributed by atoms with E-state index < -0.39 is 0 Å². The van der Waals surface area contributed by atoms with Gasteiger partial charge in [-0.25, -0.2) is 0 Å². The summed E-state index contributed by atoms with van der Waals surface area (Å²) in [6, 6.07) is 8.26. The Hall–Kier alpha value is -2.49. The summed E-state index contributed by atoms with van der Waals surface area (Å²) >= 11 is 0. The number of carbonyl (C=O) groups excluding carboxylic acids is 1. The fraction of sp³-hybridized carbons (Fsp3) is 0.606. The van der Waals surface area contributed by atoms with Crippen molar-refractivity contribution in [2.24, 2.45) is 0 Å². The smallest absolute Gasteiger partial charge is 0.220 e. The van der Waals surface area contributed by atoms with Gasteiger partial charge in [0.2, 0.25) is 5.91 Å². The van der Waals surface area contributed by atoms with Gasteiger partial charge in [0.1, 0.15) is 11.5 Å². The monoisotopic (exact) mass is 513 g/mol. The van der Waals surface area contributed by atoms with Gasteiger partial charge in [0.05, 0.1) is 0 Å². The van der Waals surface area contributed by atoms with E-state index in [4.69, 9.17) is 0 Å². The highest BCUT2D eigenvalue weighted by molar-refractivity contribution is 5.76. The minimum atomic E-state index is -0.190. The summed E-state index contributed by atoms with van der Waals surface area (Å²) in [5.74, 6) is 0.769. The van der Waals surface area contributed by atoms with Crippen LogP contribution in [0.15, 0.2) is 24.3 Å². The molecule has 206 valence electrons. The van der Waals surface area contributed by atoms with Crippen LogP contribution in [0, 0.1) is 0 Å². The maximum absolute atomic E-state index is 12.7. The summed E-state index contributed by atoms with van der Waals surface area (Å²) in [6.07, 6.45) is 1.73. The molecule has 0 saturated heterocycles. The topological polar surface area (TPSA) is 69.6 Å². The zero-order chi connectivity index (χ0) is 28.6. The van der Waals surface area contributed by atoms with E-state index in [-0.39, 0.29) is 27.6 Å². The van der Waals surface area contributed by atoms with E-state index in [1.165, 1.54) is 0 Å². The number of benzene rings is 2. The number of nitrogens with one attached hydrogen (secondary N) is 1. The predicted octanol–water partition coefficient (Wildman–Crippen LogP) is 7.58. The van der Waals surface area contributed by atoms with Crippen molar-refractivity contribution >= 4 is 5.91 Å². The summed E-state index contributed by atoms with van der Waals surface area (Å²) in [4.78, 5) is 12.7. The molecule has 0 aliphatic carbocycles. The molecule has 0 aromatic heterocycles. The highest BCUT2D eigenvalue weighted by Crippen LogP contribution is 2.41. The van der Waals surface area contributed by atoms with E-state index in [0.29, 0.717) is 37.3 Å². The maximum atomic E-state index is 12.7. The Labute approximate surface area is 225 Å². The van der Waals surface area contributed by atoms with Crippen LogP contribution in [0.4, 0.5) is 0 Å². The predicted molar refractivity (Wildman–Crippen MR) is 156 cm³/mol. The van der Waals surface area contributed by atoms with Crippen molar-refractivity contribution in [1.82, 2.24) is 5.32 Å². The number of aromatic hydroxyl groups is 2. The molecule has 3 N–H and O–H groups in total. The van der Waals surface area contributed by atoms with E-state index in [2.05, 4.69) is 113 Å². The fourth-order valence-corrected chi connectivity index (χ4v) is 4.66. The molecular formula is C33H51NO3. The lowest BCUT2D eigenvalue weighted by molar-refractivity contribution is -0.121. The van der Waals surface area contributed by atoms with Gasteiger partial charge in [-0.15, -0.1) is 0 Å². The van der Waals surface area contributed by atoms with Gasteiger partial charge in [-0.1, -0.05) is 107 Å². The van der Waals surface area contributed by atoms with E-state index >= 15 is 0 Å². The maximum Gasteiger partial charge on any atom is 0.220 e. The molecule has 0 bridgehead atoms. The van der Waals surface area contributed by atoms with Crippen LogP contribution in [-0.4, -0.2) is 22.7 Å². The van der Waals surface area contributed by atoms with Crippen LogP contribution in [0.2, 0.25) is 0 Å². The summed E-state index contributed by atoms with van der Waals surface area (Å²) in [5, 5.41) is 25.0. The zero-order valence-corrected chi connectivity index (χ0v) is 25.4. The summed E-state index contributed by atoms with van der Waals surface area (Å²) in [5.41, 5.74) is 5.20. The summed E-state index contributed by atoms with van der Waals surface area (Å²) in [6.45, 7) is 25.8. The Morgan fingerprint density at radius 1 is 0.649 bits per heavy atom. The molecule has 2 aromatic rings. The standard InChI is InChI=1S/C33H51NO3/c1-30(2,3)23-17-21(18-24(28(23)36)31(4,5)6)13-14-27(35)34-16-15-22-19-25(32(7,8)9)29(37)26(20-22)33(10,11)12/h17-20,36-37H,13-16H2,1-12H3,(H,34,35)/i16+2,27+2. The minimum absolute atomic E-state index is 0.0218. The zero-order valence-electron chi connectivity index (χ0n) is 25.4. The first-order chi connectivity index (χ1) is 16.6. The molecule has 0 fully saturated rings. The molecule has 0 aliphatic heterocycles. The molecule has 0 atom stereocenters. The van der Waals surface area contributed by atoms with Gasteiger partial charge < -0.3 is 15.5 Å². The van der Waals surface area contributed by atoms with Gasteiger partial charge in [-0.2, -0.15) is 0 Å². The van der Waals surface area contributed by atoms with Crippen molar-refractivity contribution in [1.29, 1.82) is 0 Å². The average molecular weight is 514 g/mol. The molecule has 2 aromatic carbocycles. The normalized spacial score (nSPS) is 13.1. The van der Waals surface area contributed by atoms with Crippen LogP contribution in [0.1, 0.15) is 123 Å². The first kappa shape index (κ1) is 30.7. The number of amides is 1. The average Bonchev–Trinajstić information content (AvgIpc) is 2.70. The van der Waals surface area contributed by atoms with Crippen molar-refractivity contribution in [2.45, 2.75) is 124 Å². The molecule has 0 radical (unpaired) electrons. The van der Waals surface area contributed by atoms with Crippen molar-refractivity contribution in [3.63, 3.8) is 0 Å². The van der Waals surface area contributed by atoms with Crippen molar-refractivity contribution in [3.05, 3.63) is 57.6 Å². The van der Waals surface area contributed by atoms with E-state index in [0.717, 1.165) is 33.4 Å². The van der Waals surface area contributed by atoms with Crippen molar-refractivity contribution in [2.75, 3.05) is 6.54 Å². The number of hydrogen-bond acceptors (Lipinski definition) is 3. The third-order valence-electron chi connectivity index (χ3n) is 6.95. The molecule has 0 spiro atoms. The highest BCUT2D eigenvalue weighted by atomic mass is 16.3. The highest BCUT2D eigenvalue weighted by Gasteiger charge is 2.28. The molecule has 0 aliphatic rings. The van der Waals surface area contributed by atoms with Crippen LogP contribution in [0.5, 0.6) is 11.5 Å². The lowest BCUT2D eigenvalue weighted by atomic mass is 9.78. The number of carbonyl (C=O) groups is 1. The molecule has 2 rings (SSSR count). The molecule has 4 nitrogen and oxygen atoms in total. The van der Waals surface area contributed by atoms with Crippen molar-refractivity contribution in [3.8, 4) is 11.5 Å². The third kappa shape index (κ3) is 7.99. The second-order valence-corrected chi connectivity index (χ2v) is 14.7. The number of rotatable bonds is 6. The molecule has 4 heteroatoms. The van der Waals surface area contributed by atoms with Gasteiger partial charge in [-0.3, -0.25) is 4.79 Å². The molecule has 1 amide bonds. The van der Waals surface area contributed by atoms with Crippen LogP contribution >= 0.6 is 0 Å². The number of aryl methyl sites for hydroxylation is 1. The molecule has 0 saturated carbocycles. The number of phenols is 2. The fourth-order valence-electron chi connectivity index (χ4n) is 4.66. The van der Waals surface area contributed by atoms with Crippen molar-refractivity contribution < 1.29 is 15.0 Å². The molecule has 0 heterocycles. The van der Waals surface area contributed by atoms with E-state index in [1.807, 2.05) is 0 Å². The third-order valence-corrected chi connectivity index (χ3v) is 6.95. The first-order valence-electron chi connectivity index (χ1n) is 13.6. The molecule has 37 heavy (non-hydrogen) atoms. The van der Waals surface area contributed by atoms with Gasteiger partial charge in [0.15, 0.2) is 0 Å². The second-order valence-electron chi connectivity index (χ2n) is 14.7. The summed E-state index contributed by atoms with van der Waals surface area (Å²) < 4.78 is 0. The van der Waals surface area contributed by atoms with E-state index in [1.54, 1.807) is 0 Å². The molecular weight excluding hydrogens is 462 g/mol. The SMILES string of the molecule is CC(C)(C)c1cc(CC[14C](=O)N[14CH2]Cc2cc(C(C)(C)C)c(O)c(C(C)(C)C)c2)cc(C(C)(C)C)c1O. The Morgan fingerprint density at radius 3 is 1.30 bits per heavy atom. The number of hydrogen-bond donors (Lipinski definition) is 3. The van der Waals surface area contributed by atoms with Gasteiger partial charge in [0.25, 0.3) is 0 Å². The van der Waals surface area contributed by atoms with Crippen LogP contribution in [-0.2, 0) is 39.3 Å². The lowest BCUT2D eigenvalue weighted by Crippen LogP contribution is -2.26. The molecule has 0 unspecified atom stereocenters. The van der Waals surface area contributed by atoms with Gasteiger partial charge in [-0.05, 0) is 67.9 Å². The summed E-state index contributed by atoms with van der Waals surface area (Å²) in [7, 11) is 0. The number of phenolic OH excluding ortho intramolecular Hbond substituents is 2. The lowest BCUT2D eigenvalue weighted by Gasteiger charge is -2.28. The van der Waals surface area contributed by atoms with Crippen LogP contribution in [0.25, 0.3) is 0 Å². The van der Waals surface area contributed by atoms with Gasteiger partial charge in [0, 0.05) is 13.0 Å². The quantitative estimate of drug-likeness (QED) is 0.373. The second kappa shape index (κ2) is 10.7. The Morgan fingerprint density at radius 2 is 0.973 bits per heavy atom. The van der Waals surface area contributed by atoms with E-state index in [9.17, 15) is 15.0 Å².